The molecule has 0 saturated carbocycles. The second kappa shape index (κ2) is 10.4. The van der Waals surface area contributed by atoms with Crippen molar-refractivity contribution in [2.75, 3.05) is 20.1 Å². The normalized spacial score (nSPS) is 22.3. The van der Waals surface area contributed by atoms with E-state index in [9.17, 15) is 0 Å². The topological polar surface area (TPSA) is 19.4 Å². The van der Waals surface area contributed by atoms with Gasteiger partial charge in [-0.25, -0.2) is 0 Å². The molecule has 4 heteroatoms. The van der Waals surface area contributed by atoms with Crippen molar-refractivity contribution in [3.8, 4) is 0 Å². The van der Waals surface area contributed by atoms with Crippen molar-refractivity contribution in [2.24, 2.45) is 0 Å². The number of aryl methyl sites for hydroxylation is 1. The standard InChI is InChI=1S/C15H14ClN.C13H24N2/c1-2-10-7-8-12-14(9-10)17-13-6-4-3-5-11(13)15(12)16;1-4-5-6-11(2)15-12-7-8-13(15)10-14(3)9-12/h2,7-9H,1,3-6H2;12-13H,2,4-10H2,1,3H3. The summed E-state index contributed by atoms with van der Waals surface area (Å²) in [6.07, 6.45) is 13.0. The molecule has 0 spiro atoms. The van der Waals surface area contributed by atoms with Crippen molar-refractivity contribution >= 4 is 28.6 Å². The first-order valence-electron chi connectivity index (χ1n) is 12.4. The minimum Gasteiger partial charge on any atom is -0.367 e. The Hall–Kier alpha value is -1.84. The quantitative estimate of drug-likeness (QED) is 0.493. The number of fused-ring (bicyclic) bond motifs is 4. The number of pyridine rings is 1. The fourth-order valence-electron chi connectivity index (χ4n) is 5.65. The van der Waals surface area contributed by atoms with Crippen LogP contribution in [0.3, 0.4) is 0 Å². The Morgan fingerprint density at radius 1 is 1.19 bits per heavy atom. The van der Waals surface area contributed by atoms with Crippen molar-refractivity contribution < 1.29 is 0 Å². The second-order valence-electron chi connectivity index (χ2n) is 9.72. The van der Waals surface area contributed by atoms with Crippen LogP contribution >= 0.6 is 11.6 Å². The van der Waals surface area contributed by atoms with Crippen LogP contribution in [-0.2, 0) is 12.8 Å². The van der Waals surface area contributed by atoms with E-state index < -0.39 is 0 Å². The van der Waals surface area contributed by atoms with Gasteiger partial charge in [0.05, 0.1) is 10.5 Å². The molecule has 1 aromatic carbocycles. The Morgan fingerprint density at radius 2 is 1.91 bits per heavy atom. The van der Waals surface area contributed by atoms with Gasteiger partial charge in [-0.15, -0.1) is 0 Å². The molecular weight excluding hydrogens is 414 g/mol. The largest absolute Gasteiger partial charge is 0.367 e. The number of likely N-dealkylation sites (tertiary alicyclic amines) is 1. The molecule has 172 valence electrons. The van der Waals surface area contributed by atoms with E-state index in [0.29, 0.717) is 0 Å². The van der Waals surface area contributed by atoms with Crippen molar-refractivity contribution in [2.45, 2.75) is 76.8 Å². The highest BCUT2D eigenvalue weighted by molar-refractivity contribution is 6.36. The van der Waals surface area contributed by atoms with Gasteiger partial charge in [-0.3, -0.25) is 4.98 Å². The molecular formula is C28H38ClN3. The van der Waals surface area contributed by atoms with Gasteiger partial charge in [-0.1, -0.05) is 56.3 Å². The summed E-state index contributed by atoms with van der Waals surface area (Å²) in [5.41, 5.74) is 5.94. The monoisotopic (exact) mass is 451 g/mol. The lowest BCUT2D eigenvalue weighted by Gasteiger charge is -2.42. The van der Waals surface area contributed by atoms with Gasteiger partial charge >= 0.3 is 0 Å². The number of rotatable bonds is 5. The molecule has 1 aliphatic carbocycles. The fourth-order valence-corrected chi connectivity index (χ4v) is 6.01. The molecule has 2 saturated heterocycles. The van der Waals surface area contributed by atoms with E-state index in [2.05, 4.69) is 49.1 Å². The minimum atomic E-state index is 0.762. The molecule has 2 atom stereocenters. The number of halogens is 1. The van der Waals surface area contributed by atoms with E-state index in [-0.39, 0.29) is 0 Å². The number of unbranched alkanes of at least 4 members (excludes halogenated alkanes) is 1. The van der Waals surface area contributed by atoms with E-state index in [1.54, 1.807) is 0 Å². The molecule has 2 unspecified atom stereocenters. The van der Waals surface area contributed by atoms with Crippen LogP contribution in [-0.4, -0.2) is 47.0 Å². The Morgan fingerprint density at radius 3 is 2.59 bits per heavy atom. The van der Waals surface area contributed by atoms with E-state index in [1.165, 1.54) is 75.0 Å². The predicted molar refractivity (Wildman–Crippen MR) is 138 cm³/mol. The molecule has 2 aliphatic heterocycles. The van der Waals surface area contributed by atoms with Crippen LogP contribution in [0, 0.1) is 0 Å². The van der Waals surface area contributed by atoms with Gasteiger partial charge in [0.2, 0.25) is 0 Å². The van der Waals surface area contributed by atoms with Gasteiger partial charge in [0.1, 0.15) is 0 Å². The van der Waals surface area contributed by atoms with Gasteiger partial charge in [0, 0.05) is 42.0 Å². The Labute approximate surface area is 199 Å². The van der Waals surface area contributed by atoms with Crippen molar-refractivity contribution in [1.82, 2.24) is 14.8 Å². The smallest absolute Gasteiger partial charge is 0.0726 e. The number of hydrogen-bond acceptors (Lipinski definition) is 3. The number of hydrogen-bond donors (Lipinski definition) is 0. The lowest BCUT2D eigenvalue weighted by molar-refractivity contribution is 0.110. The molecule has 0 radical (unpaired) electrons. The third kappa shape index (κ3) is 4.89. The van der Waals surface area contributed by atoms with Crippen LogP contribution in [0.4, 0.5) is 0 Å². The molecule has 0 N–H and O–H groups in total. The summed E-state index contributed by atoms with van der Waals surface area (Å²) >= 11 is 6.49. The average molecular weight is 452 g/mol. The van der Waals surface area contributed by atoms with E-state index in [4.69, 9.17) is 16.6 Å². The highest BCUT2D eigenvalue weighted by Crippen LogP contribution is 2.34. The Kier molecular flexibility index (Phi) is 7.58. The van der Waals surface area contributed by atoms with E-state index >= 15 is 0 Å². The molecule has 2 aromatic rings. The number of allylic oxidation sites excluding steroid dienone is 1. The average Bonchev–Trinajstić information content (AvgIpc) is 3.08. The highest BCUT2D eigenvalue weighted by atomic mass is 35.5. The van der Waals surface area contributed by atoms with Gasteiger partial charge < -0.3 is 9.80 Å². The first-order valence-corrected chi connectivity index (χ1v) is 12.8. The maximum Gasteiger partial charge on any atom is 0.0726 e. The lowest BCUT2D eigenvalue weighted by atomic mass is 9.94. The molecule has 3 heterocycles. The summed E-state index contributed by atoms with van der Waals surface area (Å²) in [7, 11) is 2.25. The van der Waals surface area contributed by atoms with Crippen LogP contribution in [0.2, 0.25) is 5.02 Å². The zero-order chi connectivity index (χ0) is 22.7. The molecule has 2 bridgehead atoms. The number of benzene rings is 1. The molecule has 5 rings (SSSR count). The maximum atomic E-state index is 6.49. The summed E-state index contributed by atoms with van der Waals surface area (Å²) in [6, 6.07) is 7.67. The molecule has 0 amide bonds. The van der Waals surface area contributed by atoms with Crippen molar-refractivity contribution in [3.63, 3.8) is 0 Å². The number of likely N-dealkylation sites (N-methyl/N-ethyl adjacent to an activating group) is 1. The Bertz CT molecular complexity index is 968. The first-order chi connectivity index (χ1) is 15.5. The van der Waals surface area contributed by atoms with Crippen LogP contribution in [0.25, 0.3) is 17.0 Å². The molecule has 3 nitrogen and oxygen atoms in total. The summed E-state index contributed by atoms with van der Waals surface area (Å²) < 4.78 is 0. The first kappa shape index (κ1) is 23.3. The summed E-state index contributed by atoms with van der Waals surface area (Å²) in [5.74, 6) is 0. The zero-order valence-corrected chi connectivity index (χ0v) is 20.6. The van der Waals surface area contributed by atoms with E-state index in [1.807, 2.05) is 12.1 Å². The SMILES string of the molecule is C=C(CCCC)N1C2CCC1CN(C)C2.C=Cc1ccc2c(Cl)c3c(nc2c1)CCCC3. The molecule has 3 aliphatic rings. The van der Waals surface area contributed by atoms with Crippen LogP contribution in [0.5, 0.6) is 0 Å². The second-order valence-corrected chi connectivity index (χ2v) is 10.1. The van der Waals surface area contributed by atoms with Crippen molar-refractivity contribution in [1.29, 1.82) is 0 Å². The van der Waals surface area contributed by atoms with Gasteiger partial charge in [-0.2, -0.15) is 0 Å². The predicted octanol–water partition coefficient (Wildman–Crippen LogP) is 6.88. The number of nitrogens with zero attached hydrogens (tertiary/aromatic N) is 3. The summed E-state index contributed by atoms with van der Waals surface area (Å²) in [4.78, 5) is 9.87. The summed E-state index contributed by atoms with van der Waals surface area (Å²) in [6.45, 7) is 12.8. The fraction of sp³-hybridized carbons (Fsp3) is 0.536. The van der Waals surface area contributed by atoms with E-state index in [0.717, 1.165) is 46.4 Å². The molecule has 32 heavy (non-hydrogen) atoms. The Balaban J connectivity index is 0.000000155. The third-order valence-electron chi connectivity index (χ3n) is 7.30. The van der Waals surface area contributed by atoms with Crippen molar-refractivity contribution in [3.05, 3.63) is 58.9 Å². The molecule has 2 fully saturated rings. The van der Waals surface area contributed by atoms with Crippen LogP contribution in [0.15, 0.2) is 37.1 Å². The molecule has 1 aromatic heterocycles. The lowest BCUT2D eigenvalue weighted by Crippen LogP contribution is -2.51. The highest BCUT2D eigenvalue weighted by Gasteiger charge is 2.38. The van der Waals surface area contributed by atoms with Gasteiger partial charge in [0.15, 0.2) is 0 Å². The van der Waals surface area contributed by atoms with Crippen LogP contribution in [0.1, 0.15) is 68.7 Å². The van der Waals surface area contributed by atoms with Gasteiger partial charge in [-0.05, 0) is 75.6 Å². The maximum absolute atomic E-state index is 6.49. The van der Waals surface area contributed by atoms with Gasteiger partial charge in [0.25, 0.3) is 0 Å². The summed E-state index contributed by atoms with van der Waals surface area (Å²) in [5, 5.41) is 1.97. The third-order valence-corrected chi connectivity index (χ3v) is 7.73. The number of aromatic nitrogens is 1. The van der Waals surface area contributed by atoms with Crippen LogP contribution < -0.4 is 0 Å². The zero-order valence-electron chi connectivity index (χ0n) is 19.9. The minimum absolute atomic E-state index is 0.762. The number of piperazine rings is 1.